The molecule has 2 aliphatic rings. The van der Waals surface area contributed by atoms with E-state index >= 15 is 0 Å². The van der Waals surface area contributed by atoms with Gasteiger partial charge in [-0.05, 0) is 6.92 Å². The number of benzene rings is 1. The number of halogens is 1. The maximum atomic E-state index is 11.7. The SMILES string of the molecule is C[NH+]1C[C@]2(C)OC(=O)C(Cl)=C2C[C@H]1c1ccccc1. The van der Waals surface area contributed by atoms with Gasteiger partial charge in [-0.2, -0.15) is 0 Å². The second-order valence-electron chi connectivity index (χ2n) is 5.60. The van der Waals surface area contributed by atoms with Crippen molar-refractivity contribution < 1.29 is 14.4 Å². The van der Waals surface area contributed by atoms with Crippen molar-refractivity contribution in [2.75, 3.05) is 13.6 Å². The normalized spacial score (nSPS) is 34.2. The topological polar surface area (TPSA) is 30.7 Å². The van der Waals surface area contributed by atoms with Crippen LogP contribution in [0.2, 0.25) is 0 Å². The highest BCUT2D eigenvalue weighted by molar-refractivity contribution is 6.42. The molecule has 3 nitrogen and oxygen atoms in total. The number of esters is 1. The summed E-state index contributed by atoms with van der Waals surface area (Å²) in [6, 6.07) is 10.7. The summed E-state index contributed by atoms with van der Waals surface area (Å²) in [5.41, 5.74) is 1.71. The number of fused-ring (bicyclic) bond motifs is 1. The molecule has 1 aromatic carbocycles. The molecule has 0 aromatic heterocycles. The maximum absolute atomic E-state index is 11.7. The zero-order valence-electron chi connectivity index (χ0n) is 11.1. The molecule has 100 valence electrons. The van der Waals surface area contributed by atoms with Crippen molar-refractivity contribution in [1.29, 1.82) is 0 Å². The number of carbonyl (C=O) groups is 1. The van der Waals surface area contributed by atoms with Crippen molar-refractivity contribution in [3.8, 4) is 0 Å². The van der Waals surface area contributed by atoms with Crippen LogP contribution in [0.25, 0.3) is 0 Å². The predicted molar refractivity (Wildman–Crippen MR) is 72.9 cm³/mol. The van der Waals surface area contributed by atoms with E-state index in [0.717, 1.165) is 18.5 Å². The third-order valence-electron chi connectivity index (χ3n) is 4.22. The van der Waals surface area contributed by atoms with Crippen LogP contribution in [0.4, 0.5) is 0 Å². The minimum atomic E-state index is -0.524. The summed E-state index contributed by atoms with van der Waals surface area (Å²) in [5.74, 6) is -0.374. The van der Waals surface area contributed by atoms with E-state index in [1.165, 1.54) is 10.5 Å². The largest absolute Gasteiger partial charge is 0.444 e. The van der Waals surface area contributed by atoms with E-state index in [4.69, 9.17) is 16.3 Å². The molecule has 2 heterocycles. The second kappa shape index (κ2) is 4.36. The summed E-state index contributed by atoms with van der Waals surface area (Å²) in [6.07, 6.45) is 0.775. The monoisotopic (exact) mass is 278 g/mol. The van der Waals surface area contributed by atoms with Gasteiger partial charge in [-0.1, -0.05) is 41.9 Å². The molecule has 0 saturated carbocycles. The lowest BCUT2D eigenvalue weighted by molar-refractivity contribution is -0.921. The molecule has 1 aromatic rings. The molecule has 0 bridgehead atoms. The zero-order valence-corrected chi connectivity index (χ0v) is 11.8. The van der Waals surface area contributed by atoms with Crippen molar-refractivity contribution in [3.63, 3.8) is 0 Å². The lowest BCUT2D eigenvalue weighted by Crippen LogP contribution is -3.12. The minimum absolute atomic E-state index is 0.288. The minimum Gasteiger partial charge on any atom is -0.444 e. The van der Waals surface area contributed by atoms with E-state index in [-0.39, 0.29) is 11.0 Å². The summed E-state index contributed by atoms with van der Waals surface area (Å²) in [5, 5.41) is 0.288. The van der Waals surface area contributed by atoms with Gasteiger partial charge in [0.1, 0.15) is 17.6 Å². The van der Waals surface area contributed by atoms with Crippen molar-refractivity contribution >= 4 is 17.6 Å². The van der Waals surface area contributed by atoms with Crippen LogP contribution in [-0.2, 0) is 9.53 Å². The van der Waals surface area contributed by atoms with E-state index in [1.807, 2.05) is 25.1 Å². The Morgan fingerprint density at radius 3 is 2.74 bits per heavy atom. The molecule has 4 heteroatoms. The summed E-state index contributed by atoms with van der Waals surface area (Å²) < 4.78 is 5.45. The number of nitrogens with one attached hydrogen (secondary N) is 1. The lowest BCUT2D eigenvalue weighted by Gasteiger charge is -2.39. The third kappa shape index (κ3) is 1.97. The standard InChI is InChI=1S/C15H16ClNO2/c1-15-9-17(2)12(10-6-4-3-5-7-10)8-11(15)13(16)14(18)19-15/h3-7,12H,8-9H2,1-2H3/p+1/t12-,15-/m0/s1. The van der Waals surface area contributed by atoms with Crippen LogP contribution in [0.3, 0.4) is 0 Å². The first-order valence-electron chi connectivity index (χ1n) is 6.51. The summed E-state index contributed by atoms with van der Waals surface area (Å²) >= 11 is 6.12. The Bertz CT molecular complexity index is 555. The number of ether oxygens (including phenoxy) is 1. The molecule has 1 N–H and O–H groups in total. The van der Waals surface area contributed by atoms with Crippen molar-refractivity contribution in [1.82, 2.24) is 0 Å². The van der Waals surface area contributed by atoms with Gasteiger partial charge < -0.3 is 9.64 Å². The van der Waals surface area contributed by atoms with E-state index in [1.54, 1.807) is 0 Å². The van der Waals surface area contributed by atoms with Gasteiger partial charge in [-0.3, -0.25) is 0 Å². The second-order valence-corrected chi connectivity index (χ2v) is 5.98. The lowest BCUT2D eigenvalue weighted by atomic mass is 9.83. The van der Waals surface area contributed by atoms with Crippen LogP contribution in [0.15, 0.2) is 40.9 Å². The molecule has 0 amide bonds. The zero-order chi connectivity index (χ0) is 13.6. The number of likely N-dealkylation sites (N-methyl/N-ethyl adjacent to an activating group) is 1. The highest BCUT2D eigenvalue weighted by Gasteiger charge is 2.51. The fourth-order valence-electron chi connectivity index (χ4n) is 3.24. The Morgan fingerprint density at radius 1 is 1.37 bits per heavy atom. The first-order chi connectivity index (χ1) is 9.01. The maximum Gasteiger partial charge on any atom is 0.350 e. The van der Waals surface area contributed by atoms with Crippen LogP contribution in [0, 0.1) is 0 Å². The van der Waals surface area contributed by atoms with Crippen LogP contribution in [0.1, 0.15) is 24.9 Å². The first-order valence-corrected chi connectivity index (χ1v) is 6.89. The summed E-state index contributed by atoms with van der Waals surface area (Å²) in [7, 11) is 2.14. The third-order valence-corrected chi connectivity index (χ3v) is 4.60. The number of quaternary nitrogens is 1. The van der Waals surface area contributed by atoms with Gasteiger partial charge >= 0.3 is 5.97 Å². The van der Waals surface area contributed by atoms with E-state index in [9.17, 15) is 4.79 Å². The molecule has 0 spiro atoms. The molecule has 1 unspecified atom stereocenters. The van der Waals surface area contributed by atoms with Crippen molar-refractivity contribution in [2.24, 2.45) is 0 Å². The quantitative estimate of drug-likeness (QED) is 0.789. The van der Waals surface area contributed by atoms with Gasteiger partial charge in [-0.15, -0.1) is 0 Å². The molecular weight excluding hydrogens is 262 g/mol. The number of rotatable bonds is 1. The van der Waals surface area contributed by atoms with E-state index in [0.29, 0.717) is 6.04 Å². The number of hydrogen-bond acceptors (Lipinski definition) is 2. The van der Waals surface area contributed by atoms with Gasteiger partial charge in [0.15, 0.2) is 5.60 Å². The highest BCUT2D eigenvalue weighted by atomic mass is 35.5. The molecule has 19 heavy (non-hydrogen) atoms. The Labute approximate surface area is 117 Å². The van der Waals surface area contributed by atoms with Crippen LogP contribution in [0.5, 0.6) is 0 Å². The van der Waals surface area contributed by atoms with Gasteiger partial charge in [0.05, 0.1) is 7.05 Å². The van der Waals surface area contributed by atoms with Crippen LogP contribution >= 0.6 is 11.6 Å². The molecule has 3 atom stereocenters. The summed E-state index contributed by atoms with van der Waals surface area (Å²) in [6.45, 7) is 2.71. The van der Waals surface area contributed by atoms with Crippen molar-refractivity contribution in [3.05, 3.63) is 46.5 Å². The molecule has 0 aliphatic carbocycles. The van der Waals surface area contributed by atoms with Crippen LogP contribution in [-0.4, -0.2) is 25.2 Å². The molecule has 1 saturated heterocycles. The fourth-order valence-corrected chi connectivity index (χ4v) is 3.55. The Morgan fingerprint density at radius 2 is 2.05 bits per heavy atom. The number of piperidine rings is 1. The Hall–Kier alpha value is -1.32. The van der Waals surface area contributed by atoms with Crippen molar-refractivity contribution in [2.45, 2.75) is 25.0 Å². The van der Waals surface area contributed by atoms with Gasteiger partial charge in [0, 0.05) is 17.6 Å². The smallest absolute Gasteiger partial charge is 0.350 e. The fraction of sp³-hybridized carbons (Fsp3) is 0.400. The average Bonchev–Trinajstić information content (AvgIpc) is 2.59. The predicted octanol–water partition coefficient (Wildman–Crippen LogP) is 1.45. The molecule has 2 aliphatic heterocycles. The van der Waals surface area contributed by atoms with Gasteiger partial charge in [0.2, 0.25) is 0 Å². The van der Waals surface area contributed by atoms with E-state index in [2.05, 4.69) is 19.2 Å². The first kappa shape index (κ1) is 12.7. The number of hydrogen-bond donors (Lipinski definition) is 1. The molecule has 1 fully saturated rings. The number of carbonyl (C=O) groups excluding carboxylic acids is 1. The molecule has 0 radical (unpaired) electrons. The van der Waals surface area contributed by atoms with E-state index < -0.39 is 5.60 Å². The summed E-state index contributed by atoms with van der Waals surface area (Å²) in [4.78, 5) is 13.0. The Balaban J connectivity index is 1.98. The molecular formula is C15H17ClNO2+. The average molecular weight is 279 g/mol. The van der Waals surface area contributed by atoms with Gasteiger partial charge in [0.25, 0.3) is 0 Å². The highest BCUT2D eigenvalue weighted by Crippen LogP contribution is 2.40. The van der Waals surface area contributed by atoms with Crippen LogP contribution < -0.4 is 4.90 Å². The van der Waals surface area contributed by atoms with Gasteiger partial charge in [-0.25, -0.2) is 4.79 Å². The Kier molecular flexibility index (Phi) is 2.91. The number of likely N-dealkylation sites (tertiary alicyclic amines) is 1. The molecule has 3 rings (SSSR count).